The fourth-order valence-corrected chi connectivity index (χ4v) is 1.62. The van der Waals surface area contributed by atoms with Gasteiger partial charge < -0.3 is 9.73 Å². The van der Waals surface area contributed by atoms with Crippen molar-refractivity contribution in [3.05, 3.63) is 23.7 Å². The maximum atomic E-state index is 5.69. The Hall–Kier alpha value is -0.760. The Balaban J connectivity index is 2.04. The minimum absolute atomic E-state index is 0.718. The molecule has 1 aromatic rings. The van der Waals surface area contributed by atoms with Crippen LogP contribution in [0.1, 0.15) is 30.8 Å². The van der Waals surface area contributed by atoms with Crippen molar-refractivity contribution in [1.29, 1.82) is 0 Å². The Labute approximate surface area is 73.0 Å². The zero-order valence-corrected chi connectivity index (χ0v) is 7.71. The van der Waals surface area contributed by atoms with E-state index >= 15 is 0 Å². The molecule has 1 heterocycles. The lowest BCUT2D eigenvalue weighted by Crippen LogP contribution is -2.77. The molecule has 1 aliphatic carbocycles. The normalized spacial score (nSPS) is 27.5. The van der Waals surface area contributed by atoms with E-state index in [-0.39, 0.29) is 0 Å². The van der Waals surface area contributed by atoms with Crippen LogP contribution in [0.4, 0.5) is 0 Å². The van der Waals surface area contributed by atoms with Gasteiger partial charge in [0.15, 0.2) is 5.76 Å². The van der Waals surface area contributed by atoms with Crippen LogP contribution in [0.3, 0.4) is 0 Å². The average molecular weight is 166 g/mol. The standard InChI is InChI=1S/C10H15NO/c1-7-5-9(7)10-4-3-8(12-10)6-11-2/h3-4,7,9,11H,5-6H2,1-2H3/p+1/t7-,9-/m0/s1. The van der Waals surface area contributed by atoms with Crippen molar-refractivity contribution in [3.63, 3.8) is 0 Å². The van der Waals surface area contributed by atoms with Crippen LogP contribution in [0.25, 0.3) is 0 Å². The first kappa shape index (κ1) is 7.87. The van der Waals surface area contributed by atoms with Crippen LogP contribution in [0.15, 0.2) is 16.5 Å². The van der Waals surface area contributed by atoms with Gasteiger partial charge in [-0.05, 0) is 24.5 Å². The molecule has 12 heavy (non-hydrogen) atoms. The number of quaternary nitrogens is 1. The fourth-order valence-electron chi connectivity index (χ4n) is 1.62. The molecule has 1 aliphatic rings. The Morgan fingerprint density at radius 3 is 2.92 bits per heavy atom. The second-order valence-electron chi connectivity index (χ2n) is 3.74. The van der Waals surface area contributed by atoms with Crippen molar-refractivity contribution in [2.75, 3.05) is 7.05 Å². The molecule has 2 rings (SSSR count). The molecule has 0 saturated heterocycles. The van der Waals surface area contributed by atoms with Crippen LogP contribution in [-0.4, -0.2) is 7.05 Å². The lowest BCUT2D eigenvalue weighted by Gasteiger charge is -1.92. The summed E-state index contributed by atoms with van der Waals surface area (Å²) in [4.78, 5) is 0. The van der Waals surface area contributed by atoms with Crippen LogP contribution in [0, 0.1) is 5.92 Å². The Bertz CT molecular complexity index is 267. The molecule has 1 aromatic heterocycles. The van der Waals surface area contributed by atoms with Crippen molar-refractivity contribution in [1.82, 2.24) is 0 Å². The van der Waals surface area contributed by atoms with Gasteiger partial charge in [-0.25, -0.2) is 0 Å². The van der Waals surface area contributed by atoms with Crippen LogP contribution < -0.4 is 5.32 Å². The summed E-state index contributed by atoms with van der Waals surface area (Å²) in [5.74, 6) is 3.86. The van der Waals surface area contributed by atoms with Crippen molar-refractivity contribution >= 4 is 0 Å². The first-order valence-corrected chi connectivity index (χ1v) is 4.67. The molecule has 1 saturated carbocycles. The molecule has 1 fully saturated rings. The summed E-state index contributed by atoms with van der Waals surface area (Å²) >= 11 is 0. The second-order valence-corrected chi connectivity index (χ2v) is 3.74. The molecule has 2 atom stereocenters. The molecule has 2 heteroatoms. The lowest BCUT2D eigenvalue weighted by atomic mass is 10.3. The zero-order chi connectivity index (χ0) is 8.55. The van der Waals surface area contributed by atoms with E-state index in [0.29, 0.717) is 0 Å². The molecule has 0 bridgehead atoms. The van der Waals surface area contributed by atoms with Gasteiger partial charge in [0, 0.05) is 5.92 Å². The summed E-state index contributed by atoms with van der Waals surface area (Å²) in [5, 5.41) is 2.12. The minimum atomic E-state index is 0.718. The van der Waals surface area contributed by atoms with Crippen LogP contribution >= 0.6 is 0 Å². The van der Waals surface area contributed by atoms with Gasteiger partial charge in [-0.3, -0.25) is 0 Å². The first-order chi connectivity index (χ1) is 5.81. The van der Waals surface area contributed by atoms with E-state index in [2.05, 4.69) is 31.4 Å². The van der Waals surface area contributed by atoms with Gasteiger partial charge in [0.25, 0.3) is 0 Å². The number of rotatable bonds is 3. The van der Waals surface area contributed by atoms with Gasteiger partial charge in [0.2, 0.25) is 0 Å². The molecule has 0 spiro atoms. The average Bonchev–Trinajstić information content (AvgIpc) is 2.62. The predicted molar refractivity (Wildman–Crippen MR) is 46.8 cm³/mol. The smallest absolute Gasteiger partial charge is 0.158 e. The largest absolute Gasteiger partial charge is 0.460 e. The third-order valence-electron chi connectivity index (χ3n) is 2.56. The monoisotopic (exact) mass is 166 g/mol. The number of hydrogen-bond acceptors (Lipinski definition) is 1. The molecule has 2 N–H and O–H groups in total. The van der Waals surface area contributed by atoms with Gasteiger partial charge in [0.05, 0.1) is 7.05 Å². The Morgan fingerprint density at radius 2 is 2.33 bits per heavy atom. The first-order valence-electron chi connectivity index (χ1n) is 4.67. The summed E-state index contributed by atoms with van der Waals surface area (Å²) in [5.41, 5.74) is 0. The molecule has 66 valence electrons. The number of nitrogens with two attached hydrogens (primary N) is 1. The molecular weight excluding hydrogens is 150 g/mol. The highest BCUT2D eigenvalue weighted by atomic mass is 16.3. The summed E-state index contributed by atoms with van der Waals surface area (Å²) in [6.07, 6.45) is 1.31. The molecule has 0 unspecified atom stereocenters. The molecule has 0 amide bonds. The molecule has 0 aliphatic heterocycles. The summed E-state index contributed by atoms with van der Waals surface area (Å²) in [7, 11) is 2.06. The quantitative estimate of drug-likeness (QED) is 0.716. The van der Waals surface area contributed by atoms with Crippen molar-refractivity contribution < 1.29 is 9.73 Å². The van der Waals surface area contributed by atoms with Gasteiger partial charge in [-0.2, -0.15) is 0 Å². The predicted octanol–water partition coefficient (Wildman–Crippen LogP) is 1.10. The van der Waals surface area contributed by atoms with E-state index in [1.165, 1.54) is 12.2 Å². The molecule has 0 radical (unpaired) electrons. The van der Waals surface area contributed by atoms with Crippen LogP contribution in [0.5, 0.6) is 0 Å². The summed E-state index contributed by atoms with van der Waals surface area (Å²) in [6, 6.07) is 4.23. The molecule has 2 nitrogen and oxygen atoms in total. The van der Waals surface area contributed by atoms with Crippen molar-refractivity contribution in [2.45, 2.75) is 25.8 Å². The summed E-state index contributed by atoms with van der Waals surface area (Å²) < 4.78 is 5.69. The second kappa shape index (κ2) is 2.94. The van der Waals surface area contributed by atoms with Crippen LogP contribution in [-0.2, 0) is 6.54 Å². The fraction of sp³-hybridized carbons (Fsp3) is 0.600. The highest BCUT2D eigenvalue weighted by Crippen LogP contribution is 2.47. The van der Waals surface area contributed by atoms with Gasteiger partial charge in [-0.15, -0.1) is 0 Å². The number of hydrogen-bond donors (Lipinski definition) is 1. The third-order valence-corrected chi connectivity index (χ3v) is 2.56. The van der Waals surface area contributed by atoms with Gasteiger partial charge >= 0.3 is 0 Å². The van der Waals surface area contributed by atoms with E-state index in [1.54, 1.807) is 0 Å². The highest BCUT2D eigenvalue weighted by Gasteiger charge is 2.36. The SMILES string of the molecule is C[NH2+]Cc1ccc([C@H]2C[C@@H]2C)o1. The zero-order valence-electron chi connectivity index (χ0n) is 7.71. The Kier molecular flexibility index (Phi) is 1.93. The molecular formula is C10H16NO+. The maximum Gasteiger partial charge on any atom is 0.158 e. The van der Waals surface area contributed by atoms with Crippen molar-refractivity contribution in [2.24, 2.45) is 5.92 Å². The van der Waals surface area contributed by atoms with Gasteiger partial charge in [0.1, 0.15) is 12.3 Å². The number of furan rings is 1. The van der Waals surface area contributed by atoms with E-state index in [9.17, 15) is 0 Å². The van der Waals surface area contributed by atoms with E-state index in [4.69, 9.17) is 4.42 Å². The van der Waals surface area contributed by atoms with Crippen molar-refractivity contribution in [3.8, 4) is 0 Å². The topological polar surface area (TPSA) is 29.8 Å². The minimum Gasteiger partial charge on any atom is -0.460 e. The maximum absolute atomic E-state index is 5.69. The van der Waals surface area contributed by atoms with Crippen LogP contribution in [0.2, 0.25) is 0 Å². The molecule has 0 aromatic carbocycles. The van der Waals surface area contributed by atoms with E-state index < -0.39 is 0 Å². The summed E-state index contributed by atoms with van der Waals surface area (Å²) in [6.45, 7) is 3.24. The third kappa shape index (κ3) is 1.39. The van der Waals surface area contributed by atoms with E-state index in [0.717, 1.165) is 24.1 Å². The van der Waals surface area contributed by atoms with E-state index in [1.807, 2.05) is 0 Å². The lowest BCUT2D eigenvalue weighted by molar-refractivity contribution is -0.645. The highest BCUT2D eigenvalue weighted by molar-refractivity contribution is 5.17. The van der Waals surface area contributed by atoms with Gasteiger partial charge in [-0.1, -0.05) is 6.92 Å². The Morgan fingerprint density at radius 1 is 1.58 bits per heavy atom.